The summed E-state index contributed by atoms with van der Waals surface area (Å²) in [6, 6.07) is 5.56. The van der Waals surface area contributed by atoms with Crippen LogP contribution in [0, 0.1) is 0 Å². The zero-order valence-corrected chi connectivity index (χ0v) is 8.31. The third-order valence-corrected chi connectivity index (χ3v) is 2.41. The Kier molecular flexibility index (Phi) is 2.29. The molecule has 1 aromatic heterocycles. The van der Waals surface area contributed by atoms with Gasteiger partial charge in [0.25, 0.3) is 0 Å². The normalized spacial score (nSPS) is 10.3. The lowest BCUT2D eigenvalue weighted by Gasteiger charge is -2.03. The van der Waals surface area contributed by atoms with Crippen LogP contribution in [0.2, 0.25) is 5.02 Å². The number of rotatable bonds is 1. The summed E-state index contributed by atoms with van der Waals surface area (Å²) in [5.74, 6) is 0.746. The van der Waals surface area contributed by atoms with Crippen molar-refractivity contribution in [2.75, 3.05) is 0 Å². The molecule has 1 aromatic carbocycles. The van der Waals surface area contributed by atoms with Crippen molar-refractivity contribution in [2.45, 2.75) is 4.90 Å². The van der Waals surface area contributed by atoms with Gasteiger partial charge in [0.2, 0.25) is 0 Å². The van der Waals surface area contributed by atoms with Crippen molar-refractivity contribution in [2.24, 2.45) is 0 Å². The lowest BCUT2D eigenvalue weighted by molar-refractivity contribution is 1.27. The first kappa shape index (κ1) is 8.66. The minimum Gasteiger partial charge on any atom is -0.345 e. The maximum Gasteiger partial charge on any atom is 0.139 e. The maximum absolute atomic E-state index is 6.01. The molecule has 0 amide bonds. The lowest BCUT2D eigenvalue weighted by Crippen LogP contribution is -1.83. The third-order valence-electron chi connectivity index (χ3n) is 1.73. The highest BCUT2D eigenvalue weighted by molar-refractivity contribution is 7.80. The first-order chi connectivity index (χ1) is 6.29. The van der Waals surface area contributed by atoms with E-state index >= 15 is 0 Å². The molecule has 1 heterocycles. The Bertz CT molecular complexity index is 391. The van der Waals surface area contributed by atoms with E-state index in [0.717, 1.165) is 16.3 Å². The smallest absolute Gasteiger partial charge is 0.139 e. The molecule has 0 unspecified atom stereocenters. The fourth-order valence-electron chi connectivity index (χ4n) is 1.15. The largest absolute Gasteiger partial charge is 0.345 e. The van der Waals surface area contributed by atoms with E-state index in [0.29, 0.717) is 5.02 Å². The van der Waals surface area contributed by atoms with Gasteiger partial charge in [-0.2, -0.15) is 0 Å². The number of halogens is 1. The summed E-state index contributed by atoms with van der Waals surface area (Å²) in [5, 5.41) is 0.655. The molecule has 0 saturated heterocycles. The Balaban J connectivity index is 2.64. The van der Waals surface area contributed by atoms with Crippen LogP contribution >= 0.6 is 24.2 Å². The number of hydrogen-bond acceptors (Lipinski definition) is 2. The molecule has 13 heavy (non-hydrogen) atoms. The molecule has 4 heteroatoms. The van der Waals surface area contributed by atoms with E-state index in [-0.39, 0.29) is 0 Å². The zero-order chi connectivity index (χ0) is 9.26. The van der Waals surface area contributed by atoms with Crippen LogP contribution in [-0.2, 0) is 0 Å². The van der Waals surface area contributed by atoms with Crippen LogP contribution in [0.5, 0.6) is 0 Å². The van der Waals surface area contributed by atoms with Gasteiger partial charge in [0.15, 0.2) is 0 Å². The Labute approximate surface area is 86.4 Å². The monoisotopic (exact) mass is 210 g/mol. The van der Waals surface area contributed by atoms with E-state index in [1.807, 2.05) is 18.2 Å². The standard InChI is InChI=1S/C9H7ClN2S/c10-6-2-1-3-7(13)8(6)9-11-4-5-12-9/h1-5,13H,(H,11,12). The van der Waals surface area contributed by atoms with E-state index in [9.17, 15) is 0 Å². The minimum absolute atomic E-state index is 0.655. The first-order valence-electron chi connectivity index (χ1n) is 3.76. The first-order valence-corrected chi connectivity index (χ1v) is 4.59. The molecule has 0 radical (unpaired) electrons. The molecule has 0 atom stereocenters. The molecule has 0 aliphatic carbocycles. The lowest BCUT2D eigenvalue weighted by atomic mass is 10.2. The number of aromatic amines is 1. The summed E-state index contributed by atoms with van der Waals surface area (Å²) >= 11 is 10.3. The molecule has 66 valence electrons. The van der Waals surface area contributed by atoms with Gasteiger partial charge < -0.3 is 4.98 Å². The molecular formula is C9H7ClN2S. The van der Waals surface area contributed by atoms with Crippen LogP contribution in [0.1, 0.15) is 0 Å². The summed E-state index contributed by atoms with van der Waals surface area (Å²) < 4.78 is 0. The molecule has 0 saturated carbocycles. The van der Waals surface area contributed by atoms with Crippen LogP contribution in [-0.4, -0.2) is 9.97 Å². The van der Waals surface area contributed by atoms with Crippen molar-refractivity contribution >= 4 is 24.2 Å². The maximum atomic E-state index is 6.01. The predicted octanol–water partition coefficient (Wildman–Crippen LogP) is 3.02. The van der Waals surface area contributed by atoms with E-state index in [1.54, 1.807) is 12.4 Å². The zero-order valence-electron chi connectivity index (χ0n) is 6.66. The van der Waals surface area contributed by atoms with Crippen LogP contribution in [0.3, 0.4) is 0 Å². The summed E-state index contributed by atoms with van der Waals surface area (Å²) in [5.41, 5.74) is 0.845. The Hall–Kier alpha value is -0.930. The molecule has 0 aliphatic rings. The van der Waals surface area contributed by atoms with Gasteiger partial charge in [0, 0.05) is 22.9 Å². The molecule has 2 nitrogen and oxygen atoms in total. The van der Waals surface area contributed by atoms with Gasteiger partial charge in [-0.1, -0.05) is 17.7 Å². The highest BCUT2D eigenvalue weighted by Crippen LogP contribution is 2.30. The number of nitrogens with one attached hydrogen (secondary N) is 1. The highest BCUT2D eigenvalue weighted by atomic mass is 35.5. The fraction of sp³-hybridized carbons (Fsp3) is 0. The summed E-state index contributed by atoms with van der Waals surface area (Å²) in [6.07, 6.45) is 3.44. The highest BCUT2D eigenvalue weighted by Gasteiger charge is 2.08. The van der Waals surface area contributed by atoms with Gasteiger partial charge >= 0.3 is 0 Å². The van der Waals surface area contributed by atoms with Crippen molar-refractivity contribution in [1.29, 1.82) is 0 Å². The SMILES string of the molecule is Sc1cccc(Cl)c1-c1ncc[nH]1. The molecule has 1 N–H and O–H groups in total. The Morgan fingerprint density at radius 2 is 2.23 bits per heavy atom. The average Bonchev–Trinajstić information content (AvgIpc) is 2.57. The molecule has 0 fully saturated rings. The number of benzene rings is 1. The Morgan fingerprint density at radius 3 is 2.85 bits per heavy atom. The summed E-state index contributed by atoms with van der Waals surface area (Å²) in [6.45, 7) is 0. The van der Waals surface area contributed by atoms with Crippen molar-refractivity contribution in [3.63, 3.8) is 0 Å². The second-order valence-electron chi connectivity index (χ2n) is 2.57. The van der Waals surface area contributed by atoms with Crippen molar-refractivity contribution in [3.8, 4) is 11.4 Å². The fourth-order valence-corrected chi connectivity index (χ4v) is 1.79. The predicted molar refractivity (Wildman–Crippen MR) is 56.3 cm³/mol. The van der Waals surface area contributed by atoms with Crippen LogP contribution in [0.15, 0.2) is 35.5 Å². The molecule has 2 rings (SSSR count). The second-order valence-corrected chi connectivity index (χ2v) is 3.46. The van der Waals surface area contributed by atoms with Gasteiger partial charge in [-0.25, -0.2) is 4.98 Å². The quantitative estimate of drug-likeness (QED) is 0.696. The van der Waals surface area contributed by atoms with Gasteiger partial charge in [-0.15, -0.1) is 12.6 Å². The van der Waals surface area contributed by atoms with Crippen molar-refractivity contribution < 1.29 is 0 Å². The third kappa shape index (κ3) is 1.57. The molecule has 2 aromatic rings. The van der Waals surface area contributed by atoms with Gasteiger partial charge in [-0.3, -0.25) is 0 Å². The van der Waals surface area contributed by atoms with E-state index in [2.05, 4.69) is 22.6 Å². The van der Waals surface area contributed by atoms with Gasteiger partial charge in [0.05, 0.1) is 5.02 Å². The summed E-state index contributed by atoms with van der Waals surface area (Å²) in [4.78, 5) is 7.93. The van der Waals surface area contributed by atoms with Crippen LogP contribution < -0.4 is 0 Å². The van der Waals surface area contributed by atoms with Crippen LogP contribution in [0.4, 0.5) is 0 Å². The van der Waals surface area contributed by atoms with E-state index < -0.39 is 0 Å². The Morgan fingerprint density at radius 1 is 1.38 bits per heavy atom. The summed E-state index contributed by atoms with van der Waals surface area (Å²) in [7, 11) is 0. The van der Waals surface area contributed by atoms with Gasteiger partial charge in [0.1, 0.15) is 5.82 Å². The number of imidazole rings is 1. The second kappa shape index (κ2) is 3.44. The van der Waals surface area contributed by atoms with E-state index in [1.165, 1.54) is 0 Å². The van der Waals surface area contributed by atoms with Crippen molar-refractivity contribution in [1.82, 2.24) is 9.97 Å². The van der Waals surface area contributed by atoms with E-state index in [4.69, 9.17) is 11.6 Å². The number of nitrogens with zero attached hydrogens (tertiary/aromatic N) is 1. The van der Waals surface area contributed by atoms with Crippen LogP contribution in [0.25, 0.3) is 11.4 Å². The molecule has 0 aliphatic heterocycles. The molecular weight excluding hydrogens is 204 g/mol. The molecule has 0 spiro atoms. The number of hydrogen-bond donors (Lipinski definition) is 2. The minimum atomic E-state index is 0.655. The van der Waals surface area contributed by atoms with Crippen molar-refractivity contribution in [3.05, 3.63) is 35.6 Å². The topological polar surface area (TPSA) is 28.7 Å². The number of aromatic nitrogens is 2. The number of H-pyrrole nitrogens is 1. The molecule has 0 bridgehead atoms. The number of thiol groups is 1. The van der Waals surface area contributed by atoms with Gasteiger partial charge in [-0.05, 0) is 12.1 Å². The average molecular weight is 211 g/mol.